The van der Waals surface area contributed by atoms with Crippen molar-refractivity contribution in [2.75, 3.05) is 26.9 Å². The minimum absolute atomic E-state index is 0.354. The van der Waals surface area contributed by atoms with Crippen LogP contribution in [0.25, 0.3) is 0 Å². The number of hydrogen-bond donors (Lipinski definition) is 1. The average molecular weight is 323 g/mol. The normalized spacial score (nSPS) is 11.9. The lowest BCUT2D eigenvalue weighted by atomic mass is 10.2. The molecule has 6 nitrogen and oxygen atoms in total. The smallest absolute Gasteiger partial charge is 0.338 e. The van der Waals surface area contributed by atoms with Crippen LogP contribution in [0.5, 0.6) is 5.75 Å². The van der Waals surface area contributed by atoms with Gasteiger partial charge in [-0.05, 0) is 37.1 Å². The van der Waals surface area contributed by atoms with Gasteiger partial charge in [0, 0.05) is 13.7 Å². The number of rotatable bonds is 9. The van der Waals surface area contributed by atoms with Crippen molar-refractivity contribution in [1.82, 2.24) is 5.32 Å². The fourth-order valence-corrected chi connectivity index (χ4v) is 1.65. The van der Waals surface area contributed by atoms with Gasteiger partial charge >= 0.3 is 5.97 Å². The van der Waals surface area contributed by atoms with E-state index in [1.165, 1.54) is 6.92 Å². The van der Waals surface area contributed by atoms with E-state index < -0.39 is 12.1 Å². The molecule has 0 saturated heterocycles. The summed E-state index contributed by atoms with van der Waals surface area (Å²) in [6.07, 6.45) is -0.865. The summed E-state index contributed by atoms with van der Waals surface area (Å²) in [5.41, 5.74) is 0.374. The Hall–Kier alpha value is -2.08. The predicted octanol–water partition coefficient (Wildman–Crippen LogP) is 2.03. The Bertz CT molecular complexity index is 498. The number of methoxy groups -OCH3 is 1. The zero-order valence-electron chi connectivity index (χ0n) is 14.1. The van der Waals surface area contributed by atoms with E-state index in [1.807, 2.05) is 0 Å². The maximum Gasteiger partial charge on any atom is 0.338 e. The lowest BCUT2D eigenvalue weighted by Crippen LogP contribution is -2.37. The first kappa shape index (κ1) is 19.0. The number of nitrogens with one attached hydrogen (secondary N) is 1. The number of benzene rings is 1. The topological polar surface area (TPSA) is 73.9 Å². The van der Waals surface area contributed by atoms with Crippen LogP contribution < -0.4 is 10.1 Å². The van der Waals surface area contributed by atoms with E-state index in [1.54, 1.807) is 31.4 Å². The van der Waals surface area contributed by atoms with E-state index in [0.29, 0.717) is 37.0 Å². The molecule has 0 unspecified atom stereocenters. The number of hydrogen-bond acceptors (Lipinski definition) is 5. The van der Waals surface area contributed by atoms with Gasteiger partial charge in [0.05, 0.1) is 18.8 Å². The Morgan fingerprint density at radius 2 is 1.78 bits per heavy atom. The van der Waals surface area contributed by atoms with Crippen molar-refractivity contribution < 1.29 is 23.8 Å². The van der Waals surface area contributed by atoms with Crippen LogP contribution in [-0.4, -0.2) is 44.8 Å². The van der Waals surface area contributed by atoms with Gasteiger partial charge in [-0.1, -0.05) is 13.8 Å². The first-order chi connectivity index (χ1) is 10.9. The molecular weight excluding hydrogens is 298 g/mol. The molecule has 0 spiro atoms. The third kappa shape index (κ3) is 7.15. The van der Waals surface area contributed by atoms with Crippen LogP contribution in [0.2, 0.25) is 0 Å². The molecule has 0 aromatic heterocycles. The second-order valence-electron chi connectivity index (χ2n) is 5.56. The Balaban J connectivity index is 2.49. The SMILES string of the molecule is COCCNC(=O)[C@H](C)OC(=O)c1ccc(OCC(C)C)cc1. The minimum Gasteiger partial charge on any atom is -0.493 e. The Labute approximate surface area is 137 Å². The summed E-state index contributed by atoms with van der Waals surface area (Å²) in [4.78, 5) is 23.7. The highest BCUT2D eigenvalue weighted by Gasteiger charge is 2.18. The fraction of sp³-hybridized carbons (Fsp3) is 0.529. The lowest BCUT2D eigenvalue weighted by Gasteiger charge is -2.13. The van der Waals surface area contributed by atoms with Crippen molar-refractivity contribution in [3.8, 4) is 5.75 Å². The van der Waals surface area contributed by atoms with E-state index in [4.69, 9.17) is 14.2 Å². The van der Waals surface area contributed by atoms with E-state index in [2.05, 4.69) is 19.2 Å². The van der Waals surface area contributed by atoms with Gasteiger partial charge in [-0.2, -0.15) is 0 Å². The summed E-state index contributed by atoms with van der Waals surface area (Å²) in [5, 5.41) is 2.62. The molecule has 0 heterocycles. The van der Waals surface area contributed by atoms with Gasteiger partial charge in [0.15, 0.2) is 6.10 Å². The van der Waals surface area contributed by atoms with E-state index in [-0.39, 0.29) is 5.91 Å². The summed E-state index contributed by atoms with van der Waals surface area (Å²) in [6.45, 7) is 7.04. The first-order valence-electron chi connectivity index (χ1n) is 7.64. The van der Waals surface area contributed by atoms with Crippen LogP contribution in [0, 0.1) is 5.92 Å². The number of amides is 1. The van der Waals surface area contributed by atoms with Crippen LogP contribution >= 0.6 is 0 Å². The van der Waals surface area contributed by atoms with Gasteiger partial charge in [0.25, 0.3) is 5.91 Å². The monoisotopic (exact) mass is 323 g/mol. The summed E-state index contributed by atoms with van der Waals surface area (Å²) in [5.74, 6) is 0.222. The molecule has 128 valence electrons. The second kappa shape index (κ2) is 9.84. The van der Waals surface area contributed by atoms with E-state index in [9.17, 15) is 9.59 Å². The molecule has 23 heavy (non-hydrogen) atoms. The molecule has 0 saturated carbocycles. The second-order valence-corrected chi connectivity index (χ2v) is 5.56. The van der Waals surface area contributed by atoms with Crippen LogP contribution in [0.15, 0.2) is 24.3 Å². The molecule has 1 aromatic rings. The standard InChI is InChI=1S/C17H25NO5/c1-12(2)11-22-15-7-5-14(6-8-15)17(20)23-13(3)16(19)18-9-10-21-4/h5-8,12-13H,9-11H2,1-4H3,(H,18,19)/t13-/m0/s1. The zero-order valence-corrected chi connectivity index (χ0v) is 14.1. The fourth-order valence-electron chi connectivity index (χ4n) is 1.65. The third-order valence-corrected chi connectivity index (χ3v) is 2.93. The van der Waals surface area contributed by atoms with Gasteiger partial charge in [-0.15, -0.1) is 0 Å². The van der Waals surface area contributed by atoms with Crippen molar-refractivity contribution in [3.63, 3.8) is 0 Å². The molecule has 0 fully saturated rings. The maximum atomic E-state index is 12.0. The summed E-state index contributed by atoms with van der Waals surface area (Å²) < 4.78 is 15.5. The molecular formula is C17H25NO5. The molecule has 1 aromatic carbocycles. The molecule has 0 bridgehead atoms. The molecule has 0 aliphatic rings. The maximum absolute atomic E-state index is 12.0. The molecule has 0 radical (unpaired) electrons. The lowest BCUT2D eigenvalue weighted by molar-refractivity contribution is -0.129. The van der Waals surface area contributed by atoms with Crippen molar-refractivity contribution in [2.45, 2.75) is 26.9 Å². The van der Waals surface area contributed by atoms with Gasteiger partial charge in [-0.3, -0.25) is 4.79 Å². The molecule has 0 aliphatic carbocycles. The Kier molecular flexibility index (Phi) is 8.11. The largest absolute Gasteiger partial charge is 0.493 e. The number of carbonyl (C=O) groups is 2. The molecule has 1 rings (SSSR count). The van der Waals surface area contributed by atoms with E-state index in [0.717, 1.165) is 0 Å². The van der Waals surface area contributed by atoms with Crippen LogP contribution in [0.1, 0.15) is 31.1 Å². The predicted molar refractivity (Wildman–Crippen MR) is 86.5 cm³/mol. The van der Waals surface area contributed by atoms with Crippen LogP contribution in [-0.2, 0) is 14.3 Å². The van der Waals surface area contributed by atoms with Crippen molar-refractivity contribution in [2.24, 2.45) is 5.92 Å². The Morgan fingerprint density at radius 1 is 1.13 bits per heavy atom. The summed E-state index contributed by atoms with van der Waals surface area (Å²) in [6, 6.07) is 6.66. The van der Waals surface area contributed by atoms with Gasteiger partial charge in [0.1, 0.15) is 5.75 Å². The Morgan fingerprint density at radius 3 is 2.35 bits per heavy atom. The first-order valence-corrected chi connectivity index (χ1v) is 7.64. The number of ether oxygens (including phenoxy) is 3. The highest BCUT2D eigenvalue weighted by molar-refractivity contribution is 5.92. The molecule has 1 N–H and O–H groups in total. The zero-order chi connectivity index (χ0) is 17.2. The number of carbonyl (C=O) groups excluding carboxylic acids is 2. The molecule has 1 amide bonds. The average Bonchev–Trinajstić information content (AvgIpc) is 2.53. The van der Waals surface area contributed by atoms with Crippen molar-refractivity contribution in [3.05, 3.63) is 29.8 Å². The van der Waals surface area contributed by atoms with Crippen LogP contribution in [0.4, 0.5) is 0 Å². The summed E-state index contributed by atoms with van der Waals surface area (Å²) >= 11 is 0. The minimum atomic E-state index is -0.865. The van der Waals surface area contributed by atoms with Gasteiger partial charge in [0.2, 0.25) is 0 Å². The van der Waals surface area contributed by atoms with Gasteiger partial charge < -0.3 is 19.5 Å². The van der Waals surface area contributed by atoms with Crippen molar-refractivity contribution in [1.29, 1.82) is 0 Å². The van der Waals surface area contributed by atoms with Crippen molar-refractivity contribution >= 4 is 11.9 Å². The third-order valence-electron chi connectivity index (χ3n) is 2.93. The quantitative estimate of drug-likeness (QED) is 0.556. The van der Waals surface area contributed by atoms with E-state index >= 15 is 0 Å². The molecule has 0 aliphatic heterocycles. The van der Waals surface area contributed by atoms with Gasteiger partial charge in [-0.25, -0.2) is 4.79 Å². The highest BCUT2D eigenvalue weighted by atomic mass is 16.5. The highest BCUT2D eigenvalue weighted by Crippen LogP contribution is 2.14. The molecule has 6 heteroatoms. The summed E-state index contributed by atoms with van der Waals surface area (Å²) in [7, 11) is 1.55. The van der Waals surface area contributed by atoms with Crippen LogP contribution in [0.3, 0.4) is 0 Å². The molecule has 1 atom stereocenters. The number of esters is 1.